The van der Waals surface area contributed by atoms with Gasteiger partial charge in [-0.3, -0.25) is 0 Å². The molecule has 2 aromatic rings. The molecule has 2 heterocycles. The minimum atomic E-state index is 0.226. The third-order valence-corrected chi connectivity index (χ3v) is 2.89. The normalized spacial score (nSPS) is 12.7. The van der Waals surface area contributed by atoms with Crippen molar-refractivity contribution in [1.82, 2.24) is 15.5 Å². The van der Waals surface area contributed by atoms with Crippen LogP contribution in [0.2, 0.25) is 0 Å². The fourth-order valence-electron chi connectivity index (χ4n) is 2.01. The van der Waals surface area contributed by atoms with Gasteiger partial charge in [0.25, 0.3) is 0 Å². The molecule has 7 heteroatoms. The second-order valence-electron chi connectivity index (χ2n) is 4.37. The summed E-state index contributed by atoms with van der Waals surface area (Å²) in [5, 5.41) is 6.96. The number of ether oxygens (including phenoxy) is 3. The van der Waals surface area contributed by atoms with Gasteiger partial charge >= 0.3 is 0 Å². The summed E-state index contributed by atoms with van der Waals surface area (Å²) in [5.41, 5.74) is 1.03. The number of hydrogen-bond acceptors (Lipinski definition) is 7. The molecule has 0 radical (unpaired) electrons. The number of benzene rings is 1. The van der Waals surface area contributed by atoms with Crippen LogP contribution in [-0.2, 0) is 13.1 Å². The van der Waals surface area contributed by atoms with E-state index in [1.165, 1.54) is 0 Å². The number of nitrogens with one attached hydrogen (secondary N) is 1. The van der Waals surface area contributed by atoms with Crippen LogP contribution in [0, 0.1) is 6.92 Å². The van der Waals surface area contributed by atoms with E-state index in [4.69, 9.17) is 18.7 Å². The van der Waals surface area contributed by atoms with Crippen molar-refractivity contribution in [2.24, 2.45) is 0 Å². The van der Waals surface area contributed by atoms with Crippen LogP contribution in [0.1, 0.15) is 17.3 Å². The molecule has 3 rings (SSSR count). The lowest BCUT2D eigenvalue weighted by molar-refractivity contribution is 0.171. The zero-order valence-corrected chi connectivity index (χ0v) is 11.3. The zero-order valence-electron chi connectivity index (χ0n) is 11.3. The first-order valence-electron chi connectivity index (χ1n) is 6.22. The van der Waals surface area contributed by atoms with E-state index in [0.29, 0.717) is 42.1 Å². The van der Waals surface area contributed by atoms with Crippen LogP contribution in [0.15, 0.2) is 16.7 Å². The van der Waals surface area contributed by atoms with Gasteiger partial charge < -0.3 is 24.1 Å². The minimum Gasteiger partial charge on any atom is -0.493 e. The first-order chi connectivity index (χ1) is 9.76. The highest BCUT2D eigenvalue weighted by Gasteiger charge is 2.19. The fourth-order valence-corrected chi connectivity index (χ4v) is 2.01. The van der Waals surface area contributed by atoms with E-state index < -0.39 is 0 Å². The van der Waals surface area contributed by atoms with E-state index in [1.54, 1.807) is 14.0 Å². The molecule has 7 nitrogen and oxygen atoms in total. The molecule has 1 aromatic carbocycles. The van der Waals surface area contributed by atoms with Gasteiger partial charge in [-0.2, -0.15) is 4.98 Å². The topological polar surface area (TPSA) is 78.6 Å². The maximum atomic E-state index is 5.38. The number of hydrogen-bond donors (Lipinski definition) is 1. The summed E-state index contributed by atoms with van der Waals surface area (Å²) >= 11 is 0. The highest BCUT2D eigenvalue weighted by Crippen LogP contribution is 2.41. The summed E-state index contributed by atoms with van der Waals surface area (Å²) in [7, 11) is 1.61. The lowest BCUT2D eigenvalue weighted by atomic mass is 10.2. The number of rotatable bonds is 5. The van der Waals surface area contributed by atoms with Gasteiger partial charge in [-0.25, -0.2) is 0 Å². The predicted molar refractivity (Wildman–Crippen MR) is 68.7 cm³/mol. The highest BCUT2D eigenvalue weighted by atomic mass is 16.7. The van der Waals surface area contributed by atoms with Crippen molar-refractivity contribution in [3.63, 3.8) is 0 Å². The van der Waals surface area contributed by atoms with E-state index in [-0.39, 0.29) is 6.79 Å². The second-order valence-corrected chi connectivity index (χ2v) is 4.37. The standard InChI is InChI=1S/C13H15N3O4/c1-8-15-12(20-16-8)6-14-5-9-3-10(17-2)13-11(4-9)18-7-19-13/h3-4,14H,5-7H2,1-2H3. The summed E-state index contributed by atoms with van der Waals surface area (Å²) in [4.78, 5) is 4.12. The number of aromatic nitrogens is 2. The van der Waals surface area contributed by atoms with Gasteiger partial charge in [0.15, 0.2) is 17.3 Å². The monoisotopic (exact) mass is 277 g/mol. The Bertz CT molecular complexity index is 612. The fraction of sp³-hybridized carbons (Fsp3) is 0.385. The summed E-state index contributed by atoms with van der Waals surface area (Å²) in [6.07, 6.45) is 0. The van der Waals surface area contributed by atoms with Gasteiger partial charge in [0, 0.05) is 6.54 Å². The van der Waals surface area contributed by atoms with E-state index >= 15 is 0 Å². The van der Waals surface area contributed by atoms with Crippen molar-refractivity contribution in [2.45, 2.75) is 20.0 Å². The predicted octanol–water partition coefficient (Wildman–Crippen LogP) is 1.41. The molecule has 0 atom stereocenters. The first-order valence-corrected chi connectivity index (χ1v) is 6.22. The largest absolute Gasteiger partial charge is 0.493 e. The molecule has 0 aliphatic carbocycles. The Labute approximate surface area is 115 Å². The van der Waals surface area contributed by atoms with Gasteiger partial charge in [-0.1, -0.05) is 5.16 Å². The maximum absolute atomic E-state index is 5.38. The molecule has 0 spiro atoms. The average Bonchev–Trinajstić information content (AvgIpc) is 3.06. The Hall–Kier alpha value is -2.28. The Morgan fingerprint density at radius 3 is 2.95 bits per heavy atom. The minimum absolute atomic E-state index is 0.226. The highest BCUT2D eigenvalue weighted by molar-refractivity contribution is 5.55. The Morgan fingerprint density at radius 2 is 2.20 bits per heavy atom. The van der Waals surface area contributed by atoms with Crippen molar-refractivity contribution < 1.29 is 18.7 Å². The molecule has 0 bridgehead atoms. The third kappa shape index (κ3) is 2.53. The molecule has 1 N–H and O–H groups in total. The Morgan fingerprint density at radius 1 is 1.30 bits per heavy atom. The van der Waals surface area contributed by atoms with Gasteiger partial charge in [0.1, 0.15) is 0 Å². The third-order valence-electron chi connectivity index (χ3n) is 2.89. The van der Waals surface area contributed by atoms with Crippen molar-refractivity contribution in [3.05, 3.63) is 29.4 Å². The van der Waals surface area contributed by atoms with Crippen LogP contribution in [0.5, 0.6) is 17.2 Å². The molecule has 0 amide bonds. The van der Waals surface area contributed by atoms with Gasteiger partial charge in [0.05, 0.1) is 13.7 Å². The summed E-state index contributed by atoms with van der Waals surface area (Å²) in [6, 6.07) is 3.84. The molecular weight excluding hydrogens is 262 g/mol. The molecule has 1 aliphatic rings. The van der Waals surface area contributed by atoms with E-state index in [0.717, 1.165) is 5.56 Å². The lowest BCUT2D eigenvalue weighted by Gasteiger charge is -2.08. The summed E-state index contributed by atoms with van der Waals surface area (Å²) in [5.74, 6) is 3.23. The molecule has 106 valence electrons. The zero-order chi connectivity index (χ0) is 13.9. The molecule has 0 unspecified atom stereocenters. The van der Waals surface area contributed by atoms with E-state index in [2.05, 4.69) is 15.5 Å². The van der Waals surface area contributed by atoms with Crippen molar-refractivity contribution in [1.29, 1.82) is 0 Å². The molecular formula is C13H15N3O4. The number of aryl methyl sites for hydroxylation is 1. The molecule has 1 aromatic heterocycles. The van der Waals surface area contributed by atoms with E-state index in [1.807, 2.05) is 12.1 Å². The lowest BCUT2D eigenvalue weighted by Crippen LogP contribution is -2.13. The van der Waals surface area contributed by atoms with Crippen LogP contribution in [0.3, 0.4) is 0 Å². The van der Waals surface area contributed by atoms with Crippen LogP contribution >= 0.6 is 0 Å². The molecule has 20 heavy (non-hydrogen) atoms. The Kier molecular flexibility index (Phi) is 3.42. The SMILES string of the molecule is COc1cc(CNCc2nc(C)no2)cc2c1OCO2. The summed E-state index contributed by atoms with van der Waals surface area (Å²) in [6.45, 7) is 3.16. The average molecular weight is 277 g/mol. The van der Waals surface area contributed by atoms with Crippen molar-refractivity contribution in [3.8, 4) is 17.2 Å². The second kappa shape index (κ2) is 5.38. The Balaban J connectivity index is 1.65. The van der Waals surface area contributed by atoms with Crippen molar-refractivity contribution in [2.75, 3.05) is 13.9 Å². The van der Waals surface area contributed by atoms with Gasteiger partial charge in [0.2, 0.25) is 18.4 Å². The number of methoxy groups -OCH3 is 1. The molecule has 1 aliphatic heterocycles. The molecule has 0 saturated carbocycles. The molecule has 0 saturated heterocycles. The van der Waals surface area contributed by atoms with Gasteiger partial charge in [-0.05, 0) is 24.6 Å². The first kappa shape index (κ1) is 12.7. The quantitative estimate of drug-likeness (QED) is 0.885. The summed E-state index contributed by atoms with van der Waals surface area (Å²) < 4.78 is 21.0. The van der Waals surface area contributed by atoms with Gasteiger partial charge in [-0.15, -0.1) is 0 Å². The van der Waals surface area contributed by atoms with Crippen molar-refractivity contribution >= 4 is 0 Å². The van der Waals surface area contributed by atoms with E-state index in [9.17, 15) is 0 Å². The van der Waals surface area contributed by atoms with Crippen LogP contribution < -0.4 is 19.5 Å². The smallest absolute Gasteiger partial charge is 0.240 e. The van der Waals surface area contributed by atoms with Crippen LogP contribution in [0.4, 0.5) is 0 Å². The maximum Gasteiger partial charge on any atom is 0.240 e. The number of nitrogens with zero attached hydrogens (tertiary/aromatic N) is 2. The van der Waals surface area contributed by atoms with Crippen LogP contribution in [-0.4, -0.2) is 24.0 Å². The van der Waals surface area contributed by atoms with Crippen LogP contribution in [0.25, 0.3) is 0 Å². The molecule has 0 fully saturated rings. The number of fused-ring (bicyclic) bond motifs is 1.